The van der Waals surface area contributed by atoms with Crippen molar-refractivity contribution in [3.63, 3.8) is 0 Å². The molecule has 1 aromatic rings. The zero-order chi connectivity index (χ0) is 18.5. The molecule has 1 N–H and O–H groups in total. The SMILES string of the molecule is CCCCCCCC(CCCC1CCCCC1)C(=O)Nc1ccccc1. The summed E-state index contributed by atoms with van der Waals surface area (Å²) < 4.78 is 0. The van der Waals surface area contributed by atoms with E-state index in [4.69, 9.17) is 0 Å². The number of rotatable bonds is 12. The lowest BCUT2D eigenvalue weighted by atomic mass is 9.84. The molecule has 0 radical (unpaired) electrons. The molecule has 2 heteroatoms. The molecule has 0 aromatic heterocycles. The molecule has 0 heterocycles. The molecule has 1 unspecified atom stereocenters. The second-order valence-corrected chi connectivity index (χ2v) is 8.19. The first-order valence-corrected chi connectivity index (χ1v) is 11.2. The third kappa shape index (κ3) is 8.38. The van der Waals surface area contributed by atoms with Gasteiger partial charge in [0.15, 0.2) is 0 Å². The number of carbonyl (C=O) groups excluding carboxylic acids is 1. The Morgan fingerprint density at radius 1 is 0.962 bits per heavy atom. The Morgan fingerprint density at radius 3 is 2.38 bits per heavy atom. The molecule has 1 amide bonds. The van der Waals surface area contributed by atoms with Crippen LogP contribution in [0.1, 0.15) is 96.8 Å². The number of amides is 1. The first-order chi connectivity index (χ1) is 12.8. The van der Waals surface area contributed by atoms with Crippen molar-refractivity contribution in [1.82, 2.24) is 0 Å². The third-order valence-electron chi connectivity index (χ3n) is 5.96. The van der Waals surface area contributed by atoms with Crippen LogP contribution in [0.25, 0.3) is 0 Å². The Morgan fingerprint density at radius 2 is 1.65 bits per heavy atom. The van der Waals surface area contributed by atoms with Crippen LogP contribution in [-0.4, -0.2) is 5.91 Å². The molecule has 1 aliphatic carbocycles. The predicted molar refractivity (Wildman–Crippen MR) is 112 cm³/mol. The lowest BCUT2D eigenvalue weighted by Gasteiger charge is -2.23. The quantitative estimate of drug-likeness (QED) is 0.389. The van der Waals surface area contributed by atoms with Crippen LogP contribution in [0.2, 0.25) is 0 Å². The molecule has 146 valence electrons. The highest BCUT2D eigenvalue weighted by Crippen LogP contribution is 2.29. The Hall–Kier alpha value is -1.31. The van der Waals surface area contributed by atoms with Crippen LogP contribution in [0.5, 0.6) is 0 Å². The number of unbranched alkanes of at least 4 members (excludes halogenated alkanes) is 4. The van der Waals surface area contributed by atoms with E-state index in [1.54, 1.807) is 0 Å². The number of anilines is 1. The molecule has 26 heavy (non-hydrogen) atoms. The molecule has 1 atom stereocenters. The molecular formula is C24H39NO. The maximum Gasteiger partial charge on any atom is 0.227 e. The summed E-state index contributed by atoms with van der Waals surface area (Å²) in [5.41, 5.74) is 0.931. The minimum Gasteiger partial charge on any atom is -0.326 e. The topological polar surface area (TPSA) is 29.1 Å². The van der Waals surface area contributed by atoms with Gasteiger partial charge >= 0.3 is 0 Å². The van der Waals surface area contributed by atoms with E-state index in [2.05, 4.69) is 12.2 Å². The minimum atomic E-state index is 0.181. The van der Waals surface area contributed by atoms with E-state index < -0.39 is 0 Å². The standard InChI is InChI=1S/C24H39NO/c1-2-3-4-5-10-17-22(18-13-16-21-14-8-6-9-15-21)24(26)25-23-19-11-7-12-20-23/h7,11-12,19-22H,2-6,8-10,13-18H2,1H3,(H,25,26). The molecule has 0 bridgehead atoms. The highest BCUT2D eigenvalue weighted by atomic mass is 16.1. The summed E-state index contributed by atoms with van der Waals surface area (Å²) in [6, 6.07) is 9.93. The molecule has 0 saturated heterocycles. The first-order valence-electron chi connectivity index (χ1n) is 11.2. The van der Waals surface area contributed by atoms with E-state index >= 15 is 0 Å². The van der Waals surface area contributed by atoms with E-state index in [0.29, 0.717) is 0 Å². The highest BCUT2D eigenvalue weighted by molar-refractivity contribution is 5.92. The second kappa shape index (κ2) is 12.9. The fourth-order valence-corrected chi connectivity index (χ4v) is 4.30. The molecule has 1 saturated carbocycles. The van der Waals surface area contributed by atoms with Crippen molar-refractivity contribution >= 4 is 11.6 Å². The van der Waals surface area contributed by atoms with Crippen molar-refractivity contribution in [3.05, 3.63) is 30.3 Å². The number of nitrogens with one attached hydrogen (secondary N) is 1. The van der Waals surface area contributed by atoms with Gasteiger partial charge in [-0.15, -0.1) is 0 Å². The normalized spacial score (nSPS) is 16.3. The summed E-state index contributed by atoms with van der Waals surface area (Å²) in [6.07, 6.45) is 18.1. The van der Waals surface area contributed by atoms with E-state index in [9.17, 15) is 4.79 Å². The lowest BCUT2D eigenvalue weighted by molar-refractivity contribution is -0.120. The van der Waals surface area contributed by atoms with Gasteiger partial charge in [-0.25, -0.2) is 0 Å². The molecule has 0 aliphatic heterocycles. The van der Waals surface area contributed by atoms with E-state index in [1.165, 1.54) is 77.0 Å². The number of benzene rings is 1. The zero-order valence-electron chi connectivity index (χ0n) is 16.8. The van der Waals surface area contributed by atoms with Crippen molar-refractivity contribution in [2.75, 3.05) is 5.32 Å². The highest BCUT2D eigenvalue weighted by Gasteiger charge is 2.20. The van der Waals surface area contributed by atoms with Gasteiger partial charge in [0.25, 0.3) is 0 Å². The monoisotopic (exact) mass is 357 g/mol. The van der Waals surface area contributed by atoms with Crippen LogP contribution in [0.15, 0.2) is 30.3 Å². The minimum absolute atomic E-state index is 0.181. The molecule has 2 nitrogen and oxygen atoms in total. The first kappa shape index (κ1) is 21.0. The summed E-state index contributed by atoms with van der Waals surface area (Å²) in [7, 11) is 0. The molecule has 1 aromatic carbocycles. The summed E-state index contributed by atoms with van der Waals surface area (Å²) in [5.74, 6) is 1.34. The van der Waals surface area contributed by atoms with Crippen LogP contribution in [-0.2, 0) is 4.79 Å². The van der Waals surface area contributed by atoms with Gasteiger partial charge in [-0.2, -0.15) is 0 Å². The fraction of sp³-hybridized carbons (Fsp3) is 0.708. The molecular weight excluding hydrogens is 318 g/mol. The second-order valence-electron chi connectivity index (χ2n) is 8.19. The van der Waals surface area contributed by atoms with Crippen molar-refractivity contribution < 1.29 is 4.79 Å². The summed E-state index contributed by atoms with van der Waals surface area (Å²) in [5, 5.41) is 3.14. The maximum atomic E-state index is 12.8. The van der Waals surface area contributed by atoms with E-state index in [-0.39, 0.29) is 11.8 Å². The fourth-order valence-electron chi connectivity index (χ4n) is 4.30. The van der Waals surface area contributed by atoms with Gasteiger partial charge in [0.05, 0.1) is 0 Å². The van der Waals surface area contributed by atoms with Gasteiger partial charge in [0.2, 0.25) is 5.91 Å². The Labute approximate surface area is 161 Å². The Balaban J connectivity index is 1.78. The molecule has 1 aliphatic rings. The molecule has 0 spiro atoms. The predicted octanol–water partition coefficient (Wildman–Crippen LogP) is 7.35. The van der Waals surface area contributed by atoms with Gasteiger partial charge in [-0.1, -0.05) is 102 Å². The van der Waals surface area contributed by atoms with Crippen molar-refractivity contribution in [2.45, 2.75) is 96.8 Å². The van der Waals surface area contributed by atoms with Gasteiger partial charge in [0.1, 0.15) is 0 Å². The average molecular weight is 358 g/mol. The van der Waals surface area contributed by atoms with E-state index in [0.717, 1.165) is 24.4 Å². The average Bonchev–Trinajstić information content (AvgIpc) is 2.68. The lowest BCUT2D eigenvalue weighted by Crippen LogP contribution is -2.23. The van der Waals surface area contributed by atoms with Crippen LogP contribution in [0, 0.1) is 11.8 Å². The summed E-state index contributed by atoms with van der Waals surface area (Å²) >= 11 is 0. The van der Waals surface area contributed by atoms with Crippen molar-refractivity contribution in [1.29, 1.82) is 0 Å². The van der Waals surface area contributed by atoms with Gasteiger partial charge in [0, 0.05) is 11.6 Å². The van der Waals surface area contributed by atoms with Gasteiger partial charge in [-0.3, -0.25) is 4.79 Å². The van der Waals surface area contributed by atoms with Crippen LogP contribution < -0.4 is 5.32 Å². The number of hydrogen-bond donors (Lipinski definition) is 1. The third-order valence-corrected chi connectivity index (χ3v) is 5.96. The largest absolute Gasteiger partial charge is 0.326 e. The molecule has 1 fully saturated rings. The Kier molecular flexibility index (Phi) is 10.5. The smallest absolute Gasteiger partial charge is 0.227 e. The number of para-hydroxylation sites is 1. The van der Waals surface area contributed by atoms with Crippen molar-refractivity contribution in [2.24, 2.45) is 11.8 Å². The van der Waals surface area contributed by atoms with Gasteiger partial charge in [-0.05, 0) is 30.9 Å². The van der Waals surface area contributed by atoms with Crippen molar-refractivity contribution in [3.8, 4) is 0 Å². The van der Waals surface area contributed by atoms with Crippen LogP contribution >= 0.6 is 0 Å². The van der Waals surface area contributed by atoms with Crippen LogP contribution in [0.3, 0.4) is 0 Å². The number of carbonyl (C=O) groups is 1. The van der Waals surface area contributed by atoms with E-state index in [1.807, 2.05) is 30.3 Å². The number of hydrogen-bond acceptors (Lipinski definition) is 1. The van der Waals surface area contributed by atoms with Gasteiger partial charge < -0.3 is 5.32 Å². The molecule has 2 rings (SSSR count). The Bertz CT molecular complexity index is 478. The zero-order valence-corrected chi connectivity index (χ0v) is 16.8. The summed E-state index contributed by atoms with van der Waals surface area (Å²) in [6.45, 7) is 2.25. The maximum absolute atomic E-state index is 12.8. The van der Waals surface area contributed by atoms with Crippen LogP contribution in [0.4, 0.5) is 5.69 Å². The summed E-state index contributed by atoms with van der Waals surface area (Å²) in [4.78, 5) is 12.8.